The summed E-state index contributed by atoms with van der Waals surface area (Å²) in [7, 11) is 1.86. The van der Waals surface area contributed by atoms with Crippen LogP contribution in [0.15, 0.2) is 42.5 Å². The Hall–Kier alpha value is -2.60. The van der Waals surface area contributed by atoms with E-state index in [4.69, 9.17) is 11.6 Å². The van der Waals surface area contributed by atoms with Gasteiger partial charge >= 0.3 is 0 Å². The van der Waals surface area contributed by atoms with Crippen LogP contribution in [-0.4, -0.2) is 14.5 Å². The summed E-state index contributed by atoms with van der Waals surface area (Å²) in [6.45, 7) is 0.569. The van der Waals surface area contributed by atoms with Gasteiger partial charge < -0.3 is 9.88 Å². The van der Waals surface area contributed by atoms with Gasteiger partial charge in [-0.2, -0.15) is 0 Å². The molecule has 0 unspecified atom stereocenters. The number of hydrogen-bond donors (Lipinski definition) is 1. The van der Waals surface area contributed by atoms with Gasteiger partial charge in [-0.05, 0) is 23.8 Å². The third kappa shape index (κ3) is 2.73. The first-order valence-electron chi connectivity index (χ1n) is 6.64. The molecule has 0 radical (unpaired) electrons. The third-order valence-corrected chi connectivity index (χ3v) is 3.65. The number of nitro benzene ring substituents is 1. The molecule has 6 nitrogen and oxygen atoms in total. The molecule has 0 aliphatic rings. The lowest BCUT2D eigenvalue weighted by Crippen LogP contribution is -2.04. The Kier molecular flexibility index (Phi) is 3.68. The number of halogens is 1. The number of hydrogen-bond acceptors (Lipinski definition) is 4. The summed E-state index contributed by atoms with van der Waals surface area (Å²) in [6, 6.07) is 12.2. The van der Waals surface area contributed by atoms with Crippen LogP contribution < -0.4 is 5.32 Å². The van der Waals surface area contributed by atoms with Crippen molar-refractivity contribution in [3.8, 4) is 0 Å². The van der Waals surface area contributed by atoms with E-state index in [1.807, 2.05) is 35.9 Å². The van der Waals surface area contributed by atoms with E-state index in [9.17, 15) is 10.1 Å². The fourth-order valence-corrected chi connectivity index (χ4v) is 2.50. The van der Waals surface area contributed by atoms with Crippen molar-refractivity contribution in [2.24, 2.45) is 7.05 Å². The lowest BCUT2D eigenvalue weighted by molar-refractivity contribution is -0.384. The molecule has 22 heavy (non-hydrogen) atoms. The fraction of sp³-hybridized carbons (Fsp3) is 0.133. The minimum atomic E-state index is -0.423. The largest absolute Gasteiger partial charge is 0.352 e. The van der Waals surface area contributed by atoms with Crippen LogP contribution in [0.3, 0.4) is 0 Å². The summed E-state index contributed by atoms with van der Waals surface area (Å²) in [6.07, 6.45) is 0. The predicted molar refractivity (Wildman–Crippen MR) is 86.1 cm³/mol. The van der Waals surface area contributed by atoms with Crippen LogP contribution in [0.25, 0.3) is 11.0 Å². The Bertz CT molecular complexity index is 860. The molecule has 7 heteroatoms. The van der Waals surface area contributed by atoms with Gasteiger partial charge in [-0.25, -0.2) is 4.98 Å². The molecular weight excluding hydrogens is 304 g/mol. The SMILES string of the molecule is Cn1c(NCc2cccc(Cl)c2)nc2cc([N+](=O)[O-])ccc21. The van der Waals surface area contributed by atoms with E-state index in [0.717, 1.165) is 11.1 Å². The van der Waals surface area contributed by atoms with Gasteiger partial charge in [0.25, 0.3) is 5.69 Å². The van der Waals surface area contributed by atoms with Crippen molar-refractivity contribution in [3.05, 3.63) is 63.2 Å². The van der Waals surface area contributed by atoms with Gasteiger partial charge in [0.2, 0.25) is 5.95 Å². The summed E-state index contributed by atoms with van der Waals surface area (Å²) in [4.78, 5) is 14.8. The van der Waals surface area contributed by atoms with Gasteiger partial charge in [-0.1, -0.05) is 23.7 Å². The second-order valence-electron chi connectivity index (χ2n) is 4.91. The number of nitrogens with one attached hydrogen (secondary N) is 1. The van der Waals surface area contributed by atoms with Crippen LogP contribution in [0.4, 0.5) is 11.6 Å². The number of nitro groups is 1. The Balaban J connectivity index is 1.87. The highest BCUT2D eigenvalue weighted by atomic mass is 35.5. The predicted octanol–water partition coefficient (Wildman–Crippen LogP) is 3.75. The average molecular weight is 317 g/mol. The molecule has 0 aliphatic heterocycles. The molecule has 0 fully saturated rings. The maximum Gasteiger partial charge on any atom is 0.271 e. The lowest BCUT2D eigenvalue weighted by Gasteiger charge is -2.06. The van der Waals surface area contributed by atoms with Crippen molar-refractivity contribution < 1.29 is 4.92 Å². The van der Waals surface area contributed by atoms with Crippen molar-refractivity contribution in [1.82, 2.24) is 9.55 Å². The summed E-state index contributed by atoms with van der Waals surface area (Å²) in [5.41, 5.74) is 2.49. The third-order valence-electron chi connectivity index (χ3n) is 3.41. The number of rotatable bonds is 4. The van der Waals surface area contributed by atoms with E-state index in [1.165, 1.54) is 12.1 Å². The van der Waals surface area contributed by atoms with Gasteiger partial charge in [0.05, 0.1) is 16.0 Å². The van der Waals surface area contributed by atoms with Crippen molar-refractivity contribution in [2.45, 2.75) is 6.54 Å². The zero-order chi connectivity index (χ0) is 15.7. The second-order valence-corrected chi connectivity index (χ2v) is 5.34. The molecule has 112 valence electrons. The number of non-ortho nitro benzene ring substituents is 1. The highest BCUT2D eigenvalue weighted by Crippen LogP contribution is 2.23. The fourth-order valence-electron chi connectivity index (χ4n) is 2.29. The van der Waals surface area contributed by atoms with Gasteiger partial charge in [-0.15, -0.1) is 0 Å². The van der Waals surface area contributed by atoms with E-state index in [0.29, 0.717) is 23.0 Å². The van der Waals surface area contributed by atoms with Gasteiger partial charge in [0.15, 0.2) is 0 Å². The first-order chi connectivity index (χ1) is 10.5. The molecule has 0 atom stereocenters. The molecule has 3 aromatic rings. The molecule has 0 saturated carbocycles. The van der Waals surface area contributed by atoms with Crippen molar-refractivity contribution >= 4 is 34.3 Å². The molecule has 0 spiro atoms. The van der Waals surface area contributed by atoms with Crippen molar-refractivity contribution in [2.75, 3.05) is 5.32 Å². The van der Waals surface area contributed by atoms with Crippen LogP contribution in [0.1, 0.15) is 5.56 Å². The lowest BCUT2D eigenvalue weighted by atomic mass is 10.2. The number of nitrogens with zero attached hydrogens (tertiary/aromatic N) is 3. The molecule has 2 aromatic carbocycles. The van der Waals surface area contributed by atoms with E-state index in [2.05, 4.69) is 10.3 Å². The van der Waals surface area contributed by atoms with Crippen LogP contribution in [0.2, 0.25) is 5.02 Å². The number of fused-ring (bicyclic) bond motifs is 1. The van der Waals surface area contributed by atoms with Crippen LogP contribution in [0, 0.1) is 10.1 Å². The molecule has 0 aliphatic carbocycles. The molecule has 1 N–H and O–H groups in total. The van der Waals surface area contributed by atoms with Crippen molar-refractivity contribution in [3.63, 3.8) is 0 Å². The topological polar surface area (TPSA) is 73.0 Å². The molecule has 1 heterocycles. The normalized spacial score (nSPS) is 10.8. The number of imidazole rings is 1. The zero-order valence-corrected chi connectivity index (χ0v) is 12.5. The number of anilines is 1. The van der Waals surface area contributed by atoms with E-state index < -0.39 is 4.92 Å². The van der Waals surface area contributed by atoms with Gasteiger partial charge in [0.1, 0.15) is 0 Å². The molecule has 0 bridgehead atoms. The van der Waals surface area contributed by atoms with Crippen LogP contribution in [0.5, 0.6) is 0 Å². The molecular formula is C15H13ClN4O2. The Labute approximate surface area is 131 Å². The van der Waals surface area contributed by atoms with Gasteiger partial charge in [0, 0.05) is 30.7 Å². The first kappa shape index (κ1) is 14.3. The Morgan fingerprint density at radius 3 is 2.86 bits per heavy atom. The summed E-state index contributed by atoms with van der Waals surface area (Å²) < 4.78 is 1.86. The number of aromatic nitrogens is 2. The second kappa shape index (κ2) is 5.65. The smallest absolute Gasteiger partial charge is 0.271 e. The molecule has 0 amide bonds. The minimum absolute atomic E-state index is 0.0343. The highest BCUT2D eigenvalue weighted by Gasteiger charge is 2.12. The maximum atomic E-state index is 10.8. The van der Waals surface area contributed by atoms with Crippen molar-refractivity contribution in [1.29, 1.82) is 0 Å². The summed E-state index contributed by atoms with van der Waals surface area (Å²) >= 11 is 5.96. The van der Waals surface area contributed by atoms with Crippen LogP contribution >= 0.6 is 11.6 Å². The van der Waals surface area contributed by atoms with Gasteiger partial charge in [-0.3, -0.25) is 10.1 Å². The summed E-state index contributed by atoms with van der Waals surface area (Å²) in [5.74, 6) is 0.649. The number of benzene rings is 2. The first-order valence-corrected chi connectivity index (χ1v) is 7.01. The highest BCUT2D eigenvalue weighted by molar-refractivity contribution is 6.30. The monoisotopic (exact) mass is 316 g/mol. The summed E-state index contributed by atoms with van der Waals surface area (Å²) in [5, 5.41) is 14.7. The van der Waals surface area contributed by atoms with E-state index >= 15 is 0 Å². The Morgan fingerprint density at radius 1 is 1.32 bits per heavy atom. The molecule has 1 aromatic heterocycles. The number of aryl methyl sites for hydroxylation is 1. The standard InChI is InChI=1S/C15H13ClN4O2/c1-19-14-6-5-12(20(21)22)8-13(14)18-15(19)17-9-10-3-2-4-11(16)7-10/h2-8H,9H2,1H3,(H,17,18). The molecule has 0 saturated heterocycles. The van der Waals surface area contributed by atoms with Crippen LogP contribution in [-0.2, 0) is 13.6 Å². The van der Waals surface area contributed by atoms with E-state index in [1.54, 1.807) is 6.07 Å². The Morgan fingerprint density at radius 2 is 2.14 bits per heavy atom. The average Bonchev–Trinajstić information content (AvgIpc) is 2.81. The van der Waals surface area contributed by atoms with E-state index in [-0.39, 0.29) is 5.69 Å². The minimum Gasteiger partial charge on any atom is -0.352 e. The molecule has 3 rings (SSSR count). The quantitative estimate of drug-likeness (QED) is 0.587. The zero-order valence-electron chi connectivity index (χ0n) is 11.8. The maximum absolute atomic E-state index is 10.8.